The molecule has 4 nitrogen and oxygen atoms in total. The minimum atomic E-state index is -0.870. The molecule has 0 aliphatic heterocycles. The van der Waals surface area contributed by atoms with Crippen LogP contribution >= 0.6 is 31.9 Å². The van der Waals surface area contributed by atoms with E-state index in [0.29, 0.717) is 25.8 Å². The molecule has 0 saturated carbocycles. The molecule has 2 aromatic rings. The van der Waals surface area contributed by atoms with Crippen LogP contribution < -0.4 is 5.73 Å². The molecule has 0 bridgehead atoms. The quantitative estimate of drug-likeness (QED) is 0.451. The molecule has 0 saturated heterocycles. The van der Waals surface area contributed by atoms with Crippen molar-refractivity contribution in [3.8, 4) is 0 Å². The first-order valence-electron chi connectivity index (χ1n) is 6.45. The fourth-order valence-electron chi connectivity index (χ4n) is 1.82. The van der Waals surface area contributed by atoms with E-state index in [-0.39, 0.29) is 5.78 Å². The van der Waals surface area contributed by atoms with Crippen LogP contribution in [0, 0.1) is 0 Å². The first-order valence-corrected chi connectivity index (χ1v) is 8.03. The Morgan fingerprint density at radius 3 is 2.14 bits per heavy atom. The maximum atomic E-state index is 12.2. The second-order valence-electron chi connectivity index (χ2n) is 4.63. The molecule has 0 amide bonds. The van der Waals surface area contributed by atoms with Gasteiger partial charge < -0.3 is 10.5 Å². The van der Waals surface area contributed by atoms with Gasteiger partial charge in [0.15, 0.2) is 6.10 Å². The van der Waals surface area contributed by atoms with E-state index in [1.807, 2.05) is 6.07 Å². The Labute approximate surface area is 144 Å². The van der Waals surface area contributed by atoms with E-state index < -0.39 is 12.1 Å². The molecule has 1 atom stereocenters. The van der Waals surface area contributed by atoms with E-state index in [1.165, 1.54) is 0 Å². The van der Waals surface area contributed by atoms with Crippen molar-refractivity contribution in [2.75, 3.05) is 5.73 Å². The molecule has 2 rings (SSSR count). The summed E-state index contributed by atoms with van der Waals surface area (Å²) in [6, 6.07) is 11.8. The van der Waals surface area contributed by atoms with Crippen LogP contribution in [0.3, 0.4) is 0 Å². The third-order valence-corrected chi connectivity index (χ3v) is 4.34. The maximum absolute atomic E-state index is 12.2. The summed E-state index contributed by atoms with van der Waals surface area (Å²) in [5.41, 5.74) is 7.08. The van der Waals surface area contributed by atoms with Crippen molar-refractivity contribution in [2.24, 2.45) is 0 Å². The van der Waals surface area contributed by atoms with Crippen LogP contribution in [0.5, 0.6) is 0 Å². The SMILES string of the molecule is C[C@H](OC(=O)c1cc(Br)c(N)c(Br)c1)C(=O)c1ccccc1. The maximum Gasteiger partial charge on any atom is 0.338 e. The molecule has 6 heteroatoms. The van der Waals surface area contributed by atoms with Crippen molar-refractivity contribution in [1.29, 1.82) is 0 Å². The number of halogens is 2. The summed E-state index contributed by atoms with van der Waals surface area (Å²) in [5.74, 6) is -0.833. The largest absolute Gasteiger partial charge is 0.451 e. The summed E-state index contributed by atoms with van der Waals surface area (Å²) in [7, 11) is 0. The van der Waals surface area contributed by atoms with Crippen LogP contribution in [0.4, 0.5) is 5.69 Å². The average molecular weight is 427 g/mol. The summed E-state index contributed by atoms with van der Waals surface area (Å²) in [6.45, 7) is 1.55. The molecule has 0 aliphatic rings. The van der Waals surface area contributed by atoms with Crippen LogP contribution in [-0.4, -0.2) is 17.9 Å². The zero-order valence-electron chi connectivity index (χ0n) is 11.7. The minimum absolute atomic E-state index is 0.248. The number of nitrogen functional groups attached to an aromatic ring is 1. The predicted octanol–water partition coefficient (Wildman–Crippen LogP) is 4.22. The van der Waals surface area contributed by atoms with E-state index in [4.69, 9.17) is 10.5 Å². The van der Waals surface area contributed by atoms with Crippen molar-refractivity contribution in [2.45, 2.75) is 13.0 Å². The minimum Gasteiger partial charge on any atom is -0.451 e. The molecule has 2 aromatic carbocycles. The van der Waals surface area contributed by atoms with E-state index in [2.05, 4.69) is 31.9 Å². The lowest BCUT2D eigenvalue weighted by molar-refractivity contribution is 0.0318. The molecule has 114 valence electrons. The van der Waals surface area contributed by atoms with Gasteiger partial charge in [0.05, 0.1) is 11.3 Å². The molecule has 0 unspecified atom stereocenters. The number of esters is 1. The molecule has 0 fully saturated rings. The van der Waals surface area contributed by atoms with Gasteiger partial charge in [-0.2, -0.15) is 0 Å². The van der Waals surface area contributed by atoms with Crippen molar-refractivity contribution in [3.05, 3.63) is 62.5 Å². The fourth-order valence-corrected chi connectivity index (χ4v) is 3.01. The van der Waals surface area contributed by atoms with Crippen molar-refractivity contribution in [3.63, 3.8) is 0 Å². The van der Waals surface area contributed by atoms with Crippen molar-refractivity contribution >= 4 is 49.3 Å². The van der Waals surface area contributed by atoms with E-state index in [9.17, 15) is 9.59 Å². The lowest BCUT2D eigenvalue weighted by atomic mass is 10.1. The molecule has 0 heterocycles. The van der Waals surface area contributed by atoms with Gasteiger partial charge in [-0.3, -0.25) is 4.79 Å². The number of anilines is 1. The Morgan fingerprint density at radius 1 is 1.05 bits per heavy atom. The molecule has 22 heavy (non-hydrogen) atoms. The van der Waals surface area contributed by atoms with Crippen LogP contribution in [0.1, 0.15) is 27.6 Å². The first-order chi connectivity index (χ1) is 10.4. The van der Waals surface area contributed by atoms with Crippen LogP contribution in [-0.2, 0) is 4.74 Å². The van der Waals surface area contributed by atoms with Gasteiger partial charge in [0, 0.05) is 14.5 Å². The zero-order chi connectivity index (χ0) is 16.3. The third-order valence-electron chi connectivity index (χ3n) is 3.03. The monoisotopic (exact) mass is 425 g/mol. The summed E-state index contributed by atoms with van der Waals surface area (Å²) >= 11 is 6.53. The second kappa shape index (κ2) is 7.07. The van der Waals surface area contributed by atoms with E-state index >= 15 is 0 Å². The summed E-state index contributed by atoms with van der Waals surface area (Å²) in [5, 5.41) is 0. The van der Waals surface area contributed by atoms with Gasteiger partial charge in [-0.05, 0) is 50.9 Å². The number of carbonyl (C=O) groups excluding carboxylic acids is 2. The fraction of sp³-hybridized carbons (Fsp3) is 0.125. The number of ketones is 1. The molecule has 0 aliphatic carbocycles. The normalized spacial score (nSPS) is 11.8. The van der Waals surface area contributed by atoms with Gasteiger partial charge in [-0.1, -0.05) is 30.3 Å². The molecule has 2 N–H and O–H groups in total. The highest BCUT2D eigenvalue weighted by atomic mass is 79.9. The topological polar surface area (TPSA) is 69.4 Å². The van der Waals surface area contributed by atoms with Crippen molar-refractivity contribution < 1.29 is 14.3 Å². The Balaban J connectivity index is 2.13. The lowest BCUT2D eigenvalue weighted by Gasteiger charge is -2.13. The van der Waals surface area contributed by atoms with Crippen LogP contribution in [0.15, 0.2) is 51.4 Å². The molecular weight excluding hydrogens is 414 g/mol. The number of benzene rings is 2. The molecule has 0 radical (unpaired) electrons. The average Bonchev–Trinajstić information content (AvgIpc) is 2.52. The Kier molecular flexibility index (Phi) is 5.37. The van der Waals surface area contributed by atoms with Gasteiger partial charge in [0.2, 0.25) is 5.78 Å². The Bertz CT molecular complexity index is 694. The number of ether oxygens (including phenoxy) is 1. The van der Waals surface area contributed by atoms with E-state index in [0.717, 1.165) is 0 Å². The van der Waals surface area contributed by atoms with Gasteiger partial charge in [0.1, 0.15) is 0 Å². The highest BCUT2D eigenvalue weighted by Crippen LogP contribution is 2.30. The predicted molar refractivity (Wildman–Crippen MR) is 91.9 cm³/mol. The van der Waals surface area contributed by atoms with Crippen LogP contribution in [0.2, 0.25) is 0 Å². The highest BCUT2D eigenvalue weighted by Gasteiger charge is 2.21. The third kappa shape index (κ3) is 3.75. The number of Topliss-reactive ketones (excluding diaryl/α,β-unsaturated/α-hetero) is 1. The van der Waals surface area contributed by atoms with Crippen molar-refractivity contribution in [1.82, 2.24) is 0 Å². The van der Waals surface area contributed by atoms with Crippen LogP contribution in [0.25, 0.3) is 0 Å². The van der Waals surface area contributed by atoms with Gasteiger partial charge >= 0.3 is 5.97 Å². The zero-order valence-corrected chi connectivity index (χ0v) is 14.8. The number of nitrogens with two attached hydrogens (primary N) is 1. The standard InChI is InChI=1S/C16H13Br2NO3/c1-9(15(20)10-5-3-2-4-6-10)22-16(21)11-7-12(17)14(19)13(18)8-11/h2-9H,19H2,1H3/t9-/m0/s1. The molecule has 0 aromatic heterocycles. The molecular formula is C16H13Br2NO3. The van der Waals surface area contributed by atoms with Gasteiger partial charge in [0.25, 0.3) is 0 Å². The smallest absolute Gasteiger partial charge is 0.338 e. The number of carbonyl (C=O) groups is 2. The highest BCUT2D eigenvalue weighted by molar-refractivity contribution is 9.11. The number of hydrogen-bond donors (Lipinski definition) is 1. The Morgan fingerprint density at radius 2 is 1.59 bits per heavy atom. The van der Waals surface area contributed by atoms with Gasteiger partial charge in [-0.25, -0.2) is 4.79 Å². The summed E-state index contributed by atoms with van der Waals surface area (Å²) < 4.78 is 6.39. The number of hydrogen-bond acceptors (Lipinski definition) is 4. The molecule has 0 spiro atoms. The summed E-state index contributed by atoms with van der Waals surface area (Å²) in [6.07, 6.45) is -0.870. The number of rotatable bonds is 4. The first kappa shape index (κ1) is 16.7. The second-order valence-corrected chi connectivity index (χ2v) is 6.34. The Hall–Kier alpha value is -1.66. The van der Waals surface area contributed by atoms with E-state index in [1.54, 1.807) is 43.3 Å². The lowest BCUT2D eigenvalue weighted by Crippen LogP contribution is -2.24. The van der Waals surface area contributed by atoms with Gasteiger partial charge in [-0.15, -0.1) is 0 Å². The summed E-state index contributed by atoms with van der Waals surface area (Å²) in [4.78, 5) is 24.3.